The second kappa shape index (κ2) is 9.51. The highest BCUT2D eigenvalue weighted by Gasteiger charge is 2.31. The summed E-state index contributed by atoms with van der Waals surface area (Å²) < 4.78 is 11.6. The molecule has 4 nitrogen and oxygen atoms in total. The Kier molecular flexibility index (Phi) is 6.82. The fourth-order valence-corrected chi connectivity index (χ4v) is 3.32. The molecule has 0 aliphatic carbocycles. The molecule has 0 saturated carbocycles. The predicted molar refractivity (Wildman–Crippen MR) is 110 cm³/mol. The zero-order valence-electron chi connectivity index (χ0n) is 15.6. The van der Waals surface area contributed by atoms with E-state index in [-0.39, 0.29) is 12.0 Å². The minimum atomic E-state index is -0.123. The Morgan fingerprint density at radius 2 is 1.81 bits per heavy atom. The molecular formula is C22H25NO3S. The van der Waals surface area contributed by atoms with Crippen molar-refractivity contribution in [1.29, 1.82) is 0 Å². The second-order valence-electron chi connectivity index (χ2n) is 6.75. The molecule has 1 heterocycles. The van der Waals surface area contributed by atoms with E-state index in [4.69, 9.17) is 21.7 Å². The summed E-state index contributed by atoms with van der Waals surface area (Å²) in [5, 5.41) is 0.624. The monoisotopic (exact) mass is 383 g/mol. The summed E-state index contributed by atoms with van der Waals surface area (Å²) in [6, 6.07) is 17.5. The standard InChI is InChI=1S/C22H25NO3S/c1-2-3-9-22(27)26-20-14-21(24)23(16-20)15-17-10-12-19(13-11-17)25-18-7-5-4-6-8-18/h4-8,10-13,20H,2-3,9,14-16H2,1H3. The van der Waals surface area contributed by atoms with Crippen molar-refractivity contribution >= 4 is 23.2 Å². The van der Waals surface area contributed by atoms with Gasteiger partial charge in [0.2, 0.25) is 5.91 Å². The van der Waals surface area contributed by atoms with Crippen molar-refractivity contribution in [1.82, 2.24) is 4.90 Å². The molecule has 0 radical (unpaired) electrons. The zero-order valence-corrected chi connectivity index (χ0v) is 16.4. The number of likely N-dealkylation sites (tertiary alicyclic amines) is 1. The lowest BCUT2D eigenvalue weighted by atomic mass is 10.2. The molecule has 1 aliphatic rings. The van der Waals surface area contributed by atoms with Crippen molar-refractivity contribution in [2.24, 2.45) is 0 Å². The number of nitrogens with zero attached hydrogens (tertiary/aromatic N) is 1. The van der Waals surface area contributed by atoms with Crippen LogP contribution in [0.2, 0.25) is 0 Å². The van der Waals surface area contributed by atoms with Gasteiger partial charge in [-0.05, 0) is 48.5 Å². The van der Waals surface area contributed by atoms with Crippen LogP contribution in [0, 0.1) is 0 Å². The minimum Gasteiger partial charge on any atom is -0.482 e. The molecule has 1 saturated heterocycles. The number of benzene rings is 2. The van der Waals surface area contributed by atoms with Gasteiger partial charge in [-0.3, -0.25) is 4.79 Å². The van der Waals surface area contributed by atoms with Crippen molar-refractivity contribution in [3.63, 3.8) is 0 Å². The highest BCUT2D eigenvalue weighted by Crippen LogP contribution is 2.23. The van der Waals surface area contributed by atoms with Gasteiger partial charge >= 0.3 is 0 Å². The smallest absolute Gasteiger partial charge is 0.226 e. The van der Waals surface area contributed by atoms with Crippen LogP contribution in [0.1, 0.15) is 38.2 Å². The Morgan fingerprint density at radius 1 is 1.11 bits per heavy atom. The molecule has 0 bridgehead atoms. The zero-order chi connectivity index (χ0) is 19.1. The van der Waals surface area contributed by atoms with Crippen LogP contribution in [0.5, 0.6) is 11.5 Å². The summed E-state index contributed by atoms with van der Waals surface area (Å²) in [5.41, 5.74) is 1.07. The molecule has 0 aromatic heterocycles. The molecule has 1 atom stereocenters. The number of carbonyl (C=O) groups excluding carboxylic acids is 1. The average Bonchev–Trinajstić information content (AvgIpc) is 3.01. The molecule has 3 rings (SSSR count). The summed E-state index contributed by atoms with van der Waals surface area (Å²) in [5.74, 6) is 1.70. The average molecular weight is 384 g/mol. The minimum absolute atomic E-state index is 0.114. The summed E-state index contributed by atoms with van der Waals surface area (Å²) in [6.07, 6.45) is 3.19. The SMILES string of the molecule is CCCCC(=S)OC1CC(=O)N(Cc2ccc(Oc3ccccc3)cc2)C1. The van der Waals surface area contributed by atoms with E-state index in [1.807, 2.05) is 59.5 Å². The molecule has 0 spiro atoms. The molecule has 1 amide bonds. The van der Waals surface area contributed by atoms with Crippen LogP contribution >= 0.6 is 12.2 Å². The summed E-state index contributed by atoms with van der Waals surface area (Å²) in [4.78, 5) is 14.1. The van der Waals surface area contributed by atoms with E-state index in [2.05, 4.69) is 6.92 Å². The van der Waals surface area contributed by atoms with Crippen LogP contribution < -0.4 is 4.74 Å². The quantitative estimate of drug-likeness (QED) is 0.594. The van der Waals surface area contributed by atoms with Gasteiger partial charge in [0.05, 0.1) is 13.0 Å². The second-order valence-corrected chi connectivity index (χ2v) is 7.21. The molecule has 1 unspecified atom stereocenters. The van der Waals surface area contributed by atoms with Crippen LogP contribution in [0.25, 0.3) is 0 Å². The van der Waals surface area contributed by atoms with Crippen molar-refractivity contribution in [3.8, 4) is 11.5 Å². The first-order valence-electron chi connectivity index (χ1n) is 9.43. The van der Waals surface area contributed by atoms with E-state index in [1.165, 1.54) is 0 Å². The molecule has 0 N–H and O–H groups in total. The maximum Gasteiger partial charge on any atom is 0.226 e. The number of hydrogen-bond acceptors (Lipinski definition) is 4. The first-order valence-corrected chi connectivity index (χ1v) is 9.84. The van der Waals surface area contributed by atoms with Gasteiger partial charge in [0.25, 0.3) is 0 Å². The van der Waals surface area contributed by atoms with Crippen LogP contribution in [0.3, 0.4) is 0 Å². The lowest BCUT2D eigenvalue weighted by Gasteiger charge is -2.18. The summed E-state index contributed by atoms with van der Waals surface area (Å²) in [6.45, 7) is 3.29. The maximum absolute atomic E-state index is 12.3. The summed E-state index contributed by atoms with van der Waals surface area (Å²) >= 11 is 5.27. The van der Waals surface area contributed by atoms with E-state index in [0.717, 1.165) is 36.3 Å². The van der Waals surface area contributed by atoms with E-state index in [1.54, 1.807) is 0 Å². The lowest BCUT2D eigenvalue weighted by molar-refractivity contribution is -0.128. The van der Waals surface area contributed by atoms with E-state index >= 15 is 0 Å². The Hall–Kier alpha value is -2.40. The Labute approximate surface area is 166 Å². The highest BCUT2D eigenvalue weighted by atomic mass is 32.1. The molecule has 2 aromatic rings. The van der Waals surface area contributed by atoms with Crippen LogP contribution in [0.4, 0.5) is 0 Å². The third-order valence-electron chi connectivity index (χ3n) is 4.49. The first kappa shape index (κ1) is 19.4. The van der Waals surface area contributed by atoms with Gasteiger partial charge in [-0.1, -0.05) is 43.7 Å². The number of hydrogen-bond donors (Lipinski definition) is 0. The Balaban J connectivity index is 1.51. The maximum atomic E-state index is 12.3. The van der Waals surface area contributed by atoms with Crippen molar-refractivity contribution in [3.05, 3.63) is 60.2 Å². The number of para-hydroxylation sites is 1. The summed E-state index contributed by atoms with van der Waals surface area (Å²) in [7, 11) is 0. The normalized spacial score (nSPS) is 16.4. The van der Waals surface area contributed by atoms with Crippen molar-refractivity contribution in [2.75, 3.05) is 6.54 Å². The Morgan fingerprint density at radius 3 is 2.52 bits per heavy atom. The van der Waals surface area contributed by atoms with Crippen molar-refractivity contribution in [2.45, 2.75) is 45.3 Å². The van der Waals surface area contributed by atoms with Gasteiger partial charge in [-0.15, -0.1) is 0 Å². The van der Waals surface area contributed by atoms with Gasteiger partial charge in [-0.2, -0.15) is 0 Å². The molecule has 1 aliphatic heterocycles. The fourth-order valence-electron chi connectivity index (χ4n) is 3.04. The van der Waals surface area contributed by atoms with Crippen LogP contribution in [-0.4, -0.2) is 28.5 Å². The van der Waals surface area contributed by atoms with Gasteiger partial charge in [0.1, 0.15) is 17.6 Å². The van der Waals surface area contributed by atoms with Gasteiger partial charge in [0.15, 0.2) is 5.05 Å². The molecule has 27 heavy (non-hydrogen) atoms. The number of thiocarbonyl (C=S) groups is 1. The fraction of sp³-hybridized carbons (Fsp3) is 0.364. The molecular weight excluding hydrogens is 358 g/mol. The molecule has 1 fully saturated rings. The number of amides is 1. The topological polar surface area (TPSA) is 38.8 Å². The lowest BCUT2D eigenvalue weighted by Crippen LogP contribution is -2.26. The van der Waals surface area contributed by atoms with Gasteiger partial charge in [0, 0.05) is 13.0 Å². The van der Waals surface area contributed by atoms with E-state index in [0.29, 0.717) is 24.6 Å². The Bertz CT molecular complexity index is 761. The van der Waals surface area contributed by atoms with Crippen LogP contribution in [0.15, 0.2) is 54.6 Å². The molecule has 5 heteroatoms. The van der Waals surface area contributed by atoms with Gasteiger partial charge in [-0.25, -0.2) is 0 Å². The number of unbranched alkanes of at least 4 members (excludes halogenated alkanes) is 1. The van der Waals surface area contributed by atoms with Crippen LogP contribution in [-0.2, 0) is 16.1 Å². The van der Waals surface area contributed by atoms with E-state index in [9.17, 15) is 4.79 Å². The molecule has 2 aromatic carbocycles. The first-order chi connectivity index (χ1) is 13.1. The third kappa shape index (κ3) is 5.79. The number of carbonyl (C=O) groups is 1. The van der Waals surface area contributed by atoms with Gasteiger partial charge < -0.3 is 14.4 Å². The number of ether oxygens (including phenoxy) is 2. The molecule has 142 valence electrons. The largest absolute Gasteiger partial charge is 0.482 e. The predicted octanol–water partition coefficient (Wildman–Crippen LogP) is 5.11. The van der Waals surface area contributed by atoms with E-state index < -0.39 is 0 Å². The van der Waals surface area contributed by atoms with Crippen molar-refractivity contribution < 1.29 is 14.3 Å². The number of rotatable bonds is 8. The third-order valence-corrected chi connectivity index (χ3v) is 4.79. The highest BCUT2D eigenvalue weighted by molar-refractivity contribution is 7.80.